The van der Waals surface area contributed by atoms with Crippen LogP contribution in [0.5, 0.6) is 0 Å². The van der Waals surface area contributed by atoms with Crippen molar-refractivity contribution in [2.24, 2.45) is 0 Å². The molecule has 1 saturated heterocycles. The fraction of sp³-hybridized carbons (Fsp3) is 0.889. The summed E-state index contributed by atoms with van der Waals surface area (Å²) in [5.41, 5.74) is 2.96. The highest BCUT2D eigenvalue weighted by Gasteiger charge is 2.45. The first-order valence-corrected chi connectivity index (χ1v) is 6.19. The van der Waals surface area contributed by atoms with Gasteiger partial charge in [0.05, 0.1) is 12.1 Å². The van der Waals surface area contributed by atoms with Crippen LogP contribution in [-0.2, 0) is 0 Å². The Morgan fingerprint density at radius 2 is 2.43 bits per heavy atom. The minimum absolute atomic E-state index is 0.0300. The van der Waals surface area contributed by atoms with Crippen LogP contribution in [0.25, 0.3) is 0 Å². The van der Waals surface area contributed by atoms with Gasteiger partial charge in [0.15, 0.2) is 0 Å². The number of hydrogen-bond donors (Lipinski definition) is 2. The van der Waals surface area contributed by atoms with Gasteiger partial charge in [-0.15, -0.1) is 0 Å². The van der Waals surface area contributed by atoms with Gasteiger partial charge in [0.2, 0.25) is 0 Å². The van der Waals surface area contributed by atoms with Crippen molar-refractivity contribution < 1.29 is 4.79 Å². The van der Waals surface area contributed by atoms with E-state index in [1.165, 1.54) is 0 Å². The molecule has 14 heavy (non-hydrogen) atoms. The van der Waals surface area contributed by atoms with Gasteiger partial charge in [0, 0.05) is 12.3 Å². The number of fused-ring (bicyclic) bond motifs is 1. The summed E-state index contributed by atoms with van der Waals surface area (Å²) in [6.07, 6.45) is 2.23. The van der Waals surface area contributed by atoms with Crippen molar-refractivity contribution >= 4 is 17.8 Å². The minimum atomic E-state index is 0.0300. The highest BCUT2D eigenvalue weighted by Crippen LogP contribution is 2.35. The summed E-state index contributed by atoms with van der Waals surface area (Å²) in [5, 5.41) is 5.47. The summed E-state index contributed by atoms with van der Waals surface area (Å²) in [6, 6.07) is 0.748. The number of amides is 2. The van der Waals surface area contributed by atoms with Gasteiger partial charge in [0.1, 0.15) is 0 Å². The summed E-state index contributed by atoms with van der Waals surface area (Å²) in [6.45, 7) is 2.19. The third kappa shape index (κ3) is 1.59. The van der Waals surface area contributed by atoms with Crippen LogP contribution < -0.4 is 10.7 Å². The van der Waals surface area contributed by atoms with E-state index in [9.17, 15) is 4.79 Å². The smallest absolute Gasteiger partial charge is 0.332 e. The molecule has 4 nitrogen and oxygen atoms in total. The molecule has 0 radical (unpaired) electrons. The molecular weight excluding hydrogens is 198 g/mol. The highest BCUT2D eigenvalue weighted by molar-refractivity contribution is 7.99. The highest BCUT2D eigenvalue weighted by atomic mass is 32.2. The second kappa shape index (κ2) is 3.98. The molecule has 2 fully saturated rings. The third-order valence-corrected chi connectivity index (χ3v) is 4.18. The molecule has 3 unspecified atom stereocenters. The molecule has 1 heterocycles. The molecule has 2 rings (SSSR count). The zero-order valence-corrected chi connectivity index (χ0v) is 9.43. The molecule has 2 aliphatic rings. The van der Waals surface area contributed by atoms with E-state index in [1.54, 1.807) is 5.01 Å². The molecule has 80 valence electrons. The van der Waals surface area contributed by atoms with Crippen molar-refractivity contribution in [3.8, 4) is 0 Å². The molecule has 0 aromatic heterocycles. The zero-order valence-electron chi connectivity index (χ0n) is 8.62. The van der Waals surface area contributed by atoms with Crippen molar-refractivity contribution in [2.75, 3.05) is 12.8 Å². The Hall–Kier alpha value is -0.420. The van der Waals surface area contributed by atoms with Crippen LogP contribution in [0.4, 0.5) is 4.79 Å². The van der Waals surface area contributed by atoms with E-state index in [1.807, 2.05) is 18.8 Å². The van der Waals surface area contributed by atoms with Gasteiger partial charge in [-0.05, 0) is 18.6 Å². The molecule has 0 aromatic carbocycles. The molecule has 0 spiro atoms. The summed E-state index contributed by atoms with van der Waals surface area (Å²) in [5.74, 6) is 1.16. The lowest BCUT2D eigenvalue weighted by Crippen LogP contribution is -2.43. The molecule has 2 N–H and O–H groups in total. The van der Waals surface area contributed by atoms with Crippen molar-refractivity contribution in [2.45, 2.75) is 37.1 Å². The summed E-state index contributed by atoms with van der Waals surface area (Å²) >= 11 is 2.00. The number of carbonyl (C=O) groups is 1. The molecule has 0 aromatic rings. The second-order valence-corrected chi connectivity index (χ2v) is 5.34. The second-order valence-electron chi connectivity index (χ2n) is 3.77. The van der Waals surface area contributed by atoms with Gasteiger partial charge in [-0.25, -0.2) is 10.2 Å². The Labute approximate surface area is 88.8 Å². The summed E-state index contributed by atoms with van der Waals surface area (Å²) in [4.78, 5) is 11.4. The van der Waals surface area contributed by atoms with E-state index < -0.39 is 0 Å². The number of nitrogens with one attached hydrogen (secondary N) is 2. The predicted molar refractivity (Wildman–Crippen MR) is 58.2 cm³/mol. The third-order valence-electron chi connectivity index (χ3n) is 2.99. The number of nitrogens with zero attached hydrogens (tertiary/aromatic N) is 1. The Kier molecular flexibility index (Phi) is 2.88. The first-order valence-electron chi connectivity index (χ1n) is 5.15. The first-order chi connectivity index (χ1) is 6.76. The average Bonchev–Trinajstić information content (AvgIpc) is 2.61. The molecule has 5 heteroatoms. The maximum absolute atomic E-state index is 11.4. The van der Waals surface area contributed by atoms with Crippen LogP contribution in [0.15, 0.2) is 0 Å². The lowest BCUT2D eigenvalue weighted by Gasteiger charge is -2.20. The van der Waals surface area contributed by atoms with Crippen LogP contribution in [0.3, 0.4) is 0 Å². The Morgan fingerprint density at radius 3 is 3.07 bits per heavy atom. The normalized spacial score (nSPS) is 36.0. The van der Waals surface area contributed by atoms with Gasteiger partial charge in [-0.2, -0.15) is 11.8 Å². The number of carbonyl (C=O) groups excluding carboxylic acids is 1. The number of rotatable bonds is 3. The van der Waals surface area contributed by atoms with Crippen LogP contribution in [0, 0.1) is 0 Å². The fourth-order valence-corrected chi connectivity index (χ4v) is 3.58. The quantitative estimate of drug-likeness (QED) is 0.732. The predicted octanol–water partition coefficient (Wildman–Crippen LogP) is 0.799. The topological polar surface area (TPSA) is 44.4 Å². The van der Waals surface area contributed by atoms with Gasteiger partial charge >= 0.3 is 6.03 Å². The van der Waals surface area contributed by atoms with Gasteiger partial charge in [-0.3, -0.25) is 5.01 Å². The van der Waals surface area contributed by atoms with E-state index in [2.05, 4.69) is 17.7 Å². The van der Waals surface area contributed by atoms with Gasteiger partial charge in [0.25, 0.3) is 0 Å². The van der Waals surface area contributed by atoms with Crippen molar-refractivity contribution in [1.82, 2.24) is 15.8 Å². The van der Waals surface area contributed by atoms with E-state index in [4.69, 9.17) is 0 Å². The maximum atomic E-state index is 11.4. The van der Waals surface area contributed by atoms with E-state index in [0.29, 0.717) is 17.3 Å². The SMILES string of the molecule is CCSC1CC2NC(=O)N(NC)C2C1. The number of hydrazine groups is 1. The zero-order chi connectivity index (χ0) is 10.1. The molecular formula is C9H17N3OS. The minimum Gasteiger partial charge on any atom is -0.332 e. The number of hydrogen-bond acceptors (Lipinski definition) is 3. The van der Waals surface area contributed by atoms with E-state index in [-0.39, 0.29) is 6.03 Å². The van der Waals surface area contributed by atoms with Gasteiger partial charge in [-0.1, -0.05) is 6.92 Å². The standard InChI is InChI=1S/C9H17N3OS/c1-3-14-6-4-7-8(5-6)12(10-2)9(13)11-7/h6-8,10H,3-5H2,1-2H3,(H,11,13). The van der Waals surface area contributed by atoms with Crippen LogP contribution >= 0.6 is 11.8 Å². The van der Waals surface area contributed by atoms with E-state index >= 15 is 0 Å². The average molecular weight is 215 g/mol. The lowest BCUT2D eigenvalue weighted by atomic mass is 10.2. The van der Waals surface area contributed by atoms with Gasteiger partial charge < -0.3 is 5.32 Å². The largest absolute Gasteiger partial charge is 0.332 e. The summed E-state index contributed by atoms with van der Waals surface area (Å²) < 4.78 is 0. The first kappa shape index (κ1) is 10.1. The Balaban J connectivity index is 1.98. The molecule has 1 aliphatic heterocycles. The molecule has 2 amide bonds. The molecule has 1 saturated carbocycles. The maximum Gasteiger partial charge on any atom is 0.332 e. The van der Waals surface area contributed by atoms with Crippen LogP contribution in [0.2, 0.25) is 0 Å². The van der Waals surface area contributed by atoms with Crippen LogP contribution in [-0.4, -0.2) is 41.2 Å². The monoisotopic (exact) mass is 215 g/mol. The fourth-order valence-electron chi connectivity index (χ4n) is 2.43. The van der Waals surface area contributed by atoms with Crippen molar-refractivity contribution in [1.29, 1.82) is 0 Å². The number of thioether (sulfide) groups is 1. The number of urea groups is 1. The molecule has 1 aliphatic carbocycles. The van der Waals surface area contributed by atoms with Crippen molar-refractivity contribution in [3.05, 3.63) is 0 Å². The van der Waals surface area contributed by atoms with Crippen LogP contribution in [0.1, 0.15) is 19.8 Å². The lowest BCUT2D eigenvalue weighted by molar-refractivity contribution is 0.178. The van der Waals surface area contributed by atoms with Crippen molar-refractivity contribution in [3.63, 3.8) is 0 Å². The Morgan fingerprint density at radius 1 is 1.64 bits per heavy atom. The Bertz CT molecular complexity index is 236. The summed E-state index contributed by atoms with van der Waals surface area (Å²) in [7, 11) is 1.81. The van der Waals surface area contributed by atoms with E-state index in [0.717, 1.165) is 18.6 Å². The molecule has 3 atom stereocenters. The molecule has 0 bridgehead atoms.